The quantitative estimate of drug-likeness (QED) is 0.848. The molecular formula is C14H21N5. The van der Waals surface area contributed by atoms with Crippen LogP contribution in [0.3, 0.4) is 0 Å². The molecule has 1 saturated carbocycles. The lowest BCUT2D eigenvalue weighted by atomic mass is 10.1. The van der Waals surface area contributed by atoms with E-state index < -0.39 is 0 Å². The van der Waals surface area contributed by atoms with Gasteiger partial charge in [0.1, 0.15) is 5.82 Å². The Morgan fingerprint density at radius 1 is 1.11 bits per heavy atom. The van der Waals surface area contributed by atoms with Crippen LogP contribution < -0.4 is 5.32 Å². The SMILES string of the molecule is c1nc(C2CN3CCN2CC3)ncc1CNC1CC1. The monoisotopic (exact) mass is 259 g/mol. The first kappa shape index (κ1) is 11.8. The third-order valence-electron chi connectivity index (χ3n) is 4.47. The Morgan fingerprint density at radius 3 is 2.42 bits per heavy atom. The molecule has 1 aliphatic carbocycles. The van der Waals surface area contributed by atoms with Crippen LogP contribution in [0.25, 0.3) is 0 Å². The third kappa shape index (κ3) is 2.50. The predicted molar refractivity (Wildman–Crippen MR) is 72.6 cm³/mol. The minimum absolute atomic E-state index is 0.410. The lowest BCUT2D eigenvalue weighted by Gasteiger charge is -2.46. The molecule has 4 fully saturated rings. The van der Waals surface area contributed by atoms with Gasteiger partial charge in [-0.3, -0.25) is 9.80 Å². The van der Waals surface area contributed by atoms with Gasteiger partial charge in [-0.2, -0.15) is 0 Å². The van der Waals surface area contributed by atoms with E-state index in [2.05, 4.69) is 25.1 Å². The van der Waals surface area contributed by atoms with E-state index in [1.807, 2.05) is 12.4 Å². The lowest BCUT2D eigenvalue weighted by Crippen LogP contribution is -2.57. The van der Waals surface area contributed by atoms with Crippen LogP contribution >= 0.6 is 0 Å². The molecule has 0 radical (unpaired) electrons. The Morgan fingerprint density at radius 2 is 1.84 bits per heavy atom. The van der Waals surface area contributed by atoms with Gasteiger partial charge < -0.3 is 5.32 Å². The maximum Gasteiger partial charge on any atom is 0.146 e. The van der Waals surface area contributed by atoms with Crippen LogP contribution in [0.5, 0.6) is 0 Å². The highest BCUT2D eigenvalue weighted by atomic mass is 15.4. The molecule has 1 unspecified atom stereocenters. The van der Waals surface area contributed by atoms with Crippen LogP contribution in [0, 0.1) is 0 Å². The highest BCUT2D eigenvalue weighted by Crippen LogP contribution is 2.26. The fraction of sp³-hybridized carbons (Fsp3) is 0.714. The molecular weight excluding hydrogens is 238 g/mol. The summed E-state index contributed by atoms with van der Waals surface area (Å²) >= 11 is 0. The summed E-state index contributed by atoms with van der Waals surface area (Å²) in [4.78, 5) is 14.2. The number of nitrogens with zero attached hydrogens (tertiary/aromatic N) is 4. The first-order valence-corrected chi connectivity index (χ1v) is 7.39. The molecule has 0 amide bonds. The summed E-state index contributed by atoms with van der Waals surface area (Å²) in [5.74, 6) is 1.000. The molecule has 0 aromatic carbocycles. The van der Waals surface area contributed by atoms with Crippen LogP contribution in [-0.4, -0.2) is 58.5 Å². The van der Waals surface area contributed by atoms with Gasteiger partial charge in [-0.1, -0.05) is 0 Å². The van der Waals surface area contributed by atoms with Crippen LogP contribution in [-0.2, 0) is 6.54 Å². The van der Waals surface area contributed by atoms with E-state index in [0.29, 0.717) is 6.04 Å². The Labute approximate surface area is 114 Å². The van der Waals surface area contributed by atoms with Crippen molar-refractivity contribution in [3.8, 4) is 0 Å². The summed E-state index contributed by atoms with van der Waals surface area (Å²) in [7, 11) is 0. The average molecular weight is 259 g/mol. The van der Waals surface area contributed by atoms with E-state index in [9.17, 15) is 0 Å². The Hall–Kier alpha value is -1.04. The fourth-order valence-corrected chi connectivity index (χ4v) is 3.04. The van der Waals surface area contributed by atoms with Crippen molar-refractivity contribution in [2.75, 3.05) is 32.7 Å². The molecule has 4 aliphatic rings. The van der Waals surface area contributed by atoms with Gasteiger partial charge in [-0.25, -0.2) is 9.97 Å². The lowest BCUT2D eigenvalue weighted by molar-refractivity contribution is 0.00862. The summed E-state index contributed by atoms with van der Waals surface area (Å²) in [5, 5.41) is 3.50. The minimum Gasteiger partial charge on any atom is -0.310 e. The first-order valence-electron chi connectivity index (χ1n) is 7.39. The zero-order valence-corrected chi connectivity index (χ0v) is 11.3. The van der Waals surface area contributed by atoms with Gasteiger partial charge in [0.25, 0.3) is 0 Å². The third-order valence-corrected chi connectivity index (χ3v) is 4.47. The molecule has 2 bridgehead atoms. The second-order valence-corrected chi connectivity index (χ2v) is 5.96. The van der Waals surface area contributed by atoms with Crippen molar-refractivity contribution >= 4 is 0 Å². The predicted octanol–water partition coefficient (Wildman–Crippen LogP) is 0.401. The summed E-state index contributed by atoms with van der Waals surface area (Å²) in [6.45, 7) is 6.75. The standard InChI is InChI=1S/C14H21N5/c1-2-12(1)15-7-11-8-16-14(17-9-11)13-10-18-3-5-19(13)6-4-18/h8-9,12-13,15H,1-7,10H2. The molecule has 3 saturated heterocycles. The summed E-state index contributed by atoms with van der Waals surface area (Å²) < 4.78 is 0. The average Bonchev–Trinajstić information content (AvgIpc) is 3.31. The Balaban J connectivity index is 1.43. The van der Waals surface area contributed by atoms with Gasteiger partial charge in [0, 0.05) is 63.3 Å². The molecule has 0 spiro atoms. The molecule has 4 heterocycles. The van der Waals surface area contributed by atoms with Crippen molar-refractivity contribution in [1.29, 1.82) is 0 Å². The molecule has 1 atom stereocenters. The molecule has 5 nitrogen and oxygen atoms in total. The van der Waals surface area contributed by atoms with Crippen molar-refractivity contribution < 1.29 is 0 Å². The van der Waals surface area contributed by atoms with E-state index in [4.69, 9.17) is 0 Å². The zero-order chi connectivity index (χ0) is 12.7. The van der Waals surface area contributed by atoms with Crippen LogP contribution in [0.15, 0.2) is 12.4 Å². The Bertz CT molecular complexity index is 434. The van der Waals surface area contributed by atoms with E-state index >= 15 is 0 Å². The molecule has 3 aliphatic heterocycles. The minimum atomic E-state index is 0.410. The van der Waals surface area contributed by atoms with Gasteiger partial charge in [0.05, 0.1) is 6.04 Å². The molecule has 5 heteroatoms. The van der Waals surface area contributed by atoms with Crippen molar-refractivity contribution in [2.45, 2.75) is 31.5 Å². The zero-order valence-electron chi connectivity index (χ0n) is 11.3. The molecule has 5 rings (SSSR count). The highest BCUT2D eigenvalue weighted by molar-refractivity contribution is 5.09. The number of rotatable bonds is 4. The molecule has 1 aromatic rings. The Kier molecular flexibility index (Phi) is 2.98. The van der Waals surface area contributed by atoms with E-state index in [1.165, 1.54) is 44.6 Å². The number of hydrogen-bond acceptors (Lipinski definition) is 5. The van der Waals surface area contributed by atoms with Crippen molar-refractivity contribution in [3.63, 3.8) is 0 Å². The topological polar surface area (TPSA) is 44.3 Å². The summed E-state index contributed by atoms with van der Waals surface area (Å²) in [5.41, 5.74) is 1.20. The number of nitrogens with one attached hydrogen (secondary N) is 1. The molecule has 1 aromatic heterocycles. The van der Waals surface area contributed by atoms with Gasteiger partial charge in [0.15, 0.2) is 0 Å². The van der Waals surface area contributed by atoms with Gasteiger partial charge in [-0.05, 0) is 12.8 Å². The van der Waals surface area contributed by atoms with Crippen LogP contribution in [0.4, 0.5) is 0 Å². The first-order chi connectivity index (χ1) is 9.38. The van der Waals surface area contributed by atoms with Crippen molar-refractivity contribution in [1.82, 2.24) is 25.1 Å². The van der Waals surface area contributed by atoms with Gasteiger partial charge in [0.2, 0.25) is 0 Å². The maximum absolute atomic E-state index is 4.60. The van der Waals surface area contributed by atoms with E-state index in [-0.39, 0.29) is 0 Å². The summed E-state index contributed by atoms with van der Waals surface area (Å²) in [6.07, 6.45) is 6.64. The van der Waals surface area contributed by atoms with Crippen molar-refractivity contribution in [2.24, 2.45) is 0 Å². The maximum atomic E-state index is 4.60. The van der Waals surface area contributed by atoms with Gasteiger partial charge in [-0.15, -0.1) is 0 Å². The number of hydrogen-bond donors (Lipinski definition) is 1. The normalized spacial score (nSPS) is 33.6. The molecule has 19 heavy (non-hydrogen) atoms. The second-order valence-electron chi connectivity index (χ2n) is 5.96. The fourth-order valence-electron chi connectivity index (χ4n) is 3.04. The van der Waals surface area contributed by atoms with Crippen LogP contribution in [0.2, 0.25) is 0 Å². The van der Waals surface area contributed by atoms with Gasteiger partial charge >= 0.3 is 0 Å². The largest absolute Gasteiger partial charge is 0.310 e. The molecule has 1 N–H and O–H groups in total. The highest BCUT2D eigenvalue weighted by Gasteiger charge is 2.34. The number of aromatic nitrogens is 2. The van der Waals surface area contributed by atoms with E-state index in [1.54, 1.807) is 0 Å². The molecule has 102 valence electrons. The number of piperazine rings is 3. The second kappa shape index (κ2) is 4.81. The number of fused-ring (bicyclic) bond motifs is 3. The smallest absolute Gasteiger partial charge is 0.146 e. The summed E-state index contributed by atoms with van der Waals surface area (Å²) in [6, 6.07) is 1.15. The van der Waals surface area contributed by atoms with Crippen LogP contribution in [0.1, 0.15) is 30.3 Å². The van der Waals surface area contributed by atoms with E-state index in [0.717, 1.165) is 25.0 Å². The van der Waals surface area contributed by atoms with Crippen molar-refractivity contribution in [3.05, 3.63) is 23.8 Å².